The Morgan fingerprint density at radius 2 is 1.91 bits per heavy atom. The molecule has 1 fully saturated rings. The van der Waals surface area contributed by atoms with Crippen molar-refractivity contribution in [1.82, 2.24) is 4.98 Å². The first-order valence-electron chi connectivity index (χ1n) is 7.59. The van der Waals surface area contributed by atoms with Crippen molar-refractivity contribution in [3.8, 4) is 0 Å². The Hall–Kier alpha value is -1.41. The maximum absolute atomic E-state index is 9.09. The number of nitrogens with zero attached hydrogens (tertiary/aromatic N) is 1. The minimum absolute atomic E-state index is 0.0495. The second-order valence-corrected chi connectivity index (χ2v) is 7.50. The van der Waals surface area contributed by atoms with E-state index in [2.05, 4.69) is 10.3 Å². The van der Waals surface area contributed by atoms with Crippen LogP contribution in [-0.4, -0.2) is 28.4 Å². The fourth-order valence-electron chi connectivity index (χ4n) is 2.30. The minimum atomic E-state index is -0.383. The summed E-state index contributed by atoms with van der Waals surface area (Å²) in [5.41, 5.74) is 1.84. The third-order valence-corrected chi connectivity index (χ3v) is 5.18. The summed E-state index contributed by atoms with van der Waals surface area (Å²) in [5.74, 6) is 0. The van der Waals surface area contributed by atoms with Gasteiger partial charge in [0.1, 0.15) is 0 Å². The number of aromatic nitrogens is 1. The lowest BCUT2D eigenvalue weighted by molar-refractivity contribution is 0.00578. The molecule has 1 aromatic carbocycles. The minimum Gasteiger partial charge on any atom is -0.399 e. The molecule has 0 saturated carbocycles. The van der Waals surface area contributed by atoms with Crippen molar-refractivity contribution in [3.05, 3.63) is 35.3 Å². The van der Waals surface area contributed by atoms with Crippen molar-refractivity contribution in [3.63, 3.8) is 0 Å². The quantitative estimate of drug-likeness (QED) is 0.843. The Morgan fingerprint density at radius 1 is 1.22 bits per heavy atom. The van der Waals surface area contributed by atoms with Crippen LogP contribution in [0.5, 0.6) is 0 Å². The average molecular weight is 332 g/mol. The highest BCUT2D eigenvalue weighted by atomic mass is 32.1. The number of benzene rings is 1. The van der Waals surface area contributed by atoms with E-state index >= 15 is 0 Å². The maximum Gasteiger partial charge on any atom is 0.494 e. The number of rotatable bonds is 4. The van der Waals surface area contributed by atoms with Gasteiger partial charge < -0.3 is 19.7 Å². The van der Waals surface area contributed by atoms with Gasteiger partial charge in [-0.2, -0.15) is 0 Å². The first-order chi connectivity index (χ1) is 10.8. The summed E-state index contributed by atoms with van der Waals surface area (Å²) in [6, 6.07) is 7.93. The van der Waals surface area contributed by atoms with Crippen LogP contribution in [0.25, 0.3) is 0 Å². The first kappa shape index (κ1) is 16.5. The molecule has 2 aromatic rings. The predicted octanol–water partition coefficient (Wildman–Crippen LogP) is 2.68. The normalized spacial score (nSPS) is 19.1. The third kappa shape index (κ3) is 3.28. The van der Waals surface area contributed by atoms with E-state index in [9.17, 15) is 0 Å². The Bertz CT molecular complexity index is 686. The zero-order chi connectivity index (χ0) is 16.7. The summed E-state index contributed by atoms with van der Waals surface area (Å²) in [5, 5.41) is 14.9. The van der Waals surface area contributed by atoms with E-state index in [0.29, 0.717) is 5.69 Å². The van der Waals surface area contributed by atoms with Crippen LogP contribution in [0.1, 0.15) is 33.4 Å². The molecule has 122 valence electrons. The SMILES string of the molecule is CC1(C)OB(c2cccc(Nc3nc(CO)cs3)c2)OC1(C)C. The van der Waals surface area contributed by atoms with Crippen LogP contribution in [0.4, 0.5) is 10.8 Å². The summed E-state index contributed by atoms with van der Waals surface area (Å²) in [7, 11) is -0.383. The van der Waals surface area contributed by atoms with Gasteiger partial charge in [-0.3, -0.25) is 0 Å². The molecule has 0 atom stereocenters. The molecule has 5 nitrogen and oxygen atoms in total. The van der Waals surface area contributed by atoms with Crippen molar-refractivity contribution in [2.24, 2.45) is 0 Å². The Balaban J connectivity index is 1.78. The molecule has 1 aromatic heterocycles. The van der Waals surface area contributed by atoms with Crippen LogP contribution >= 0.6 is 11.3 Å². The molecular formula is C16H21BN2O3S. The standard InChI is InChI=1S/C16H21BN2O3S/c1-15(2)16(3,4)22-17(21-15)11-6-5-7-12(8-11)18-14-19-13(9-20)10-23-14/h5-8,10,20H,9H2,1-4H3,(H,18,19). The maximum atomic E-state index is 9.09. The van der Waals surface area contributed by atoms with Crippen molar-refractivity contribution in [1.29, 1.82) is 0 Å². The number of anilines is 2. The van der Waals surface area contributed by atoms with E-state index in [1.54, 1.807) is 0 Å². The third-order valence-electron chi connectivity index (χ3n) is 4.38. The van der Waals surface area contributed by atoms with E-state index in [0.717, 1.165) is 16.3 Å². The highest BCUT2D eigenvalue weighted by Gasteiger charge is 2.51. The lowest BCUT2D eigenvalue weighted by atomic mass is 9.79. The fourth-order valence-corrected chi connectivity index (χ4v) is 3.02. The number of hydrogen-bond acceptors (Lipinski definition) is 6. The van der Waals surface area contributed by atoms with E-state index in [1.807, 2.05) is 57.3 Å². The van der Waals surface area contributed by atoms with Gasteiger partial charge in [0, 0.05) is 11.1 Å². The highest BCUT2D eigenvalue weighted by molar-refractivity contribution is 7.13. The summed E-state index contributed by atoms with van der Waals surface area (Å²) in [6.07, 6.45) is 0. The molecule has 2 heterocycles. The largest absolute Gasteiger partial charge is 0.494 e. The molecule has 0 aliphatic carbocycles. The number of aliphatic hydroxyl groups is 1. The van der Waals surface area contributed by atoms with E-state index in [-0.39, 0.29) is 24.9 Å². The Morgan fingerprint density at radius 3 is 2.52 bits per heavy atom. The van der Waals surface area contributed by atoms with Crippen LogP contribution in [0.3, 0.4) is 0 Å². The number of hydrogen-bond donors (Lipinski definition) is 2. The summed E-state index contributed by atoms with van der Waals surface area (Å²) < 4.78 is 12.2. The van der Waals surface area contributed by atoms with Crippen LogP contribution in [0.2, 0.25) is 0 Å². The zero-order valence-electron chi connectivity index (χ0n) is 13.8. The molecule has 1 aliphatic heterocycles. The number of nitrogens with one attached hydrogen (secondary N) is 1. The topological polar surface area (TPSA) is 63.6 Å². The molecule has 1 saturated heterocycles. The Labute approximate surface area is 140 Å². The van der Waals surface area contributed by atoms with Gasteiger partial charge in [-0.15, -0.1) is 11.3 Å². The smallest absolute Gasteiger partial charge is 0.399 e. The molecular weight excluding hydrogens is 311 g/mol. The molecule has 0 unspecified atom stereocenters. The molecule has 23 heavy (non-hydrogen) atoms. The molecule has 0 bridgehead atoms. The second kappa shape index (κ2) is 5.90. The first-order valence-corrected chi connectivity index (χ1v) is 8.46. The fraction of sp³-hybridized carbons (Fsp3) is 0.438. The van der Waals surface area contributed by atoms with Gasteiger partial charge in [0.25, 0.3) is 0 Å². The van der Waals surface area contributed by atoms with Crippen molar-refractivity contribution in [2.75, 3.05) is 5.32 Å². The zero-order valence-corrected chi connectivity index (χ0v) is 14.6. The lowest BCUT2D eigenvalue weighted by Gasteiger charge is -2.32. The van der Waals surface area contributed by atoms with Gasteiger partial charge in [0.15, 0.2) is 5.13 Å². The van der Waals surface area contributed by atoms with Gasteiger partial charge in [0.2, 0.25) is 0 Å². The summed E-state index contributed by atoms with van der Waals surface area (Å²) in [4.78, 5) is 4.29. The van der Waals surface area contributed by atoms with Crippen LogP contribution in [-0.2, 0) is 15.9 Å². The van der Waals surface area contributed by atoms with Gasteiger partial charge in [-0.1, -0.05) is 12.1 Å². The predicted molar refractivity (Wildman–Crippen MR) is 93.5 cm³/mol. The molecule has 0 spiro atoms. The van der Waals surface area contributed by atoms with Crippen LogP contribution in [0.15, 0.2) is 29.6 Å². The molecule has 2 N–H and O–H groups in total. The molecule has 1 aliphatic rings. The lowest BCUT2D eigenvalue weighted by Crippen LogP contribution is -2.41. The molecule has 0 amide bonds. The Kier molecular flexibility index (Phi) is 4.22. The van der Waals surface area contributed by atoms with Gasteiger partial charge in [-0.25, -0.2) is 4.98 Å². The van der Waals surface area contributed by atoms with E-state index in [4.69, 9.17) is 14.4 Å². The van der Waals surface area contributed by atoms with Gasteiger partial charge in [0.05, 0.1) is 23.5 Å². The van der Waals surface area contributed by atoms with Crippen molar-refractivity contribution < 1.29 is 14.4 Å². The van der Waals surface area contributed by atoms with E-state index < -0.39 is 0 Å². The number of thiazole rings is 1. The average Bonchev–Trinajstić information content (AvgIpc) is 3.01. The highest BCUT2D eigenvalue weighted by Crippen LogP contribution is 2.36. The summed E-state index contributed by atoms with van der Waals surface area (Å²) in [6.45, 7) is 8.12. The molecule has 7 heteroatoms. The van der Waals surface area contributed by atoms with Gasteiger partial charge >= 0.3 is 7.12 Å². The molecule has 0 radical (unpaired) electrons. The number of aliphatic hydroxyl groups excluding tert-OH is 1. The summed E-state index contributed by atoms with van der Waals surface area (Å²) >= 11 is 1.46. The van der Waals surface area contributed by atoms with Crippen LogP contribution in [0, 0.1) is 0 Å². The van der Waals surface area contributed by atoms with Crippen molar-refractivity contribution in [2.45, 2.75) is 45.5 Å². The molecule has 3 rings (SSSR count). The van der Waals surface area contributed by atoms with E-state index in [1.165, 1.54) is 11.3 Å². The second-order valence-electron chi connectivity index (χ2n) is 6.64. The van der Waals surface area contributed by atoms with Gasteiger partial charge in [-0.05, 0) is 45.3 Å². The van der Waals surface area contributed by atoms with Crippen molar-refractivity contribution >= 4 is 34.7 Å². The van der Waals surface area contributed by atoms with Crippen LogP contribution < -0.4 is 10.8 Å². The monoisotopic (exact) mass is 332 g/mol.